The minimum Gasteiger partial charge on any atom is -0.478 e. The van der Waals surface area contributed by atoms with Crippen LogP contribution >= 0.6 is 0 Å². The summed E-state index contributed by atoms with van der Waals surface area (Å²) in [7, 11) is 0. The van der Waals surface area contributed by atoms with Gasteiger partial charge in [0.1, 0.15) is 0 Å². The van der Waals surface area contributed by atoms with E-state index in [4.69, 9.17) is 5.11 Å². The van der Waals surface area contributed by atoms with Gasteiger partial charge < -0.3 is 10.4 Å². The van der Waals surface area contributed by atoms with E-state index in [1.165, 1.54) is 5.56 Å². The third kappa shape index (κ3) is 4.17. The second-order valence-corrected chi connectivity index (χ2v) is 3.53. The van der Waals surface area contributed by atoms with Gasteiger partial charge in [-0.3, -0.25) is 0 Å². The zero-order chi connectivity index (χ0) is 11.8. The maximum atomic E-state index is 10.3. The highest BCUT2D eigenvalue weighted by atomic mass is 16.4. The number of nitrogens with one attached hydrogen (secondary N) is 1. The zero-order valence-electron chi connectivity index (χ0n) is 9.44. The van der Waals surface area contributed by atoms with Crippen molar-refractivity contribution in [3.63, 3.8) is 0 Å². The summed E-state index contributed by atoms with van der Waals surface area (Å²) < 4.78 is 0. The van der Waals surface area contributed by atoms with Crippen molar-refractivity contribution in [3.8, 4) is 0 Å². The van der Waals surface area contributed by atoms with Crippen LogP contribution in [0.5, 0.6) is 0 Å². The van der Waals surface area contributed by atoms with Crippen molar-refractivity contribution in [2.45, 2.75) is 19.8 Å². The molecule has 0 amide bonds. The predicted octanol–water partition coefficient (Wildman–Crippen LogP) is 2.69. The van der Waals surface area contributed by atoms with Crippen molar-refractivity contribution in [2.24, 2.45) is 0 Å². The van der Waals surface area contributed by atoms with E-state index in [0.29, 0.717) is 6.54 Å². The highest BCUT2D eigenvalue weighted by Gasteiger charge is 1.98. The largest absolute Gasteiger partial charge is 0.478 e. The number of hydrogen-bond donors (Lipinski definition) is 2. The third-order valence-electron chi connectivity index (χ3n) is 2.21. The van der Waals surface area contributed by atoms with Gasteiger partial charge in [0.25, 0.3) is 0 Å². The molecule has 0 bridgehead atoms. The van der Waals surface area contributed by atoms with Crippen molar-refractivity contribution in [1.82, 2.24) is 0 Å². The van der Waals surface area contributed by atoms with Crippen LogP contribution in [0.25, 0.3) is 0 Å². The fraction of sp³-hybridized carbons (Fsp3) is 0.308. The Kier molecular flexibility index (Phi) is 5.12. The lowest BCUT2D eigenvalue weighted by molar-refractivity contribution is -0.131. The summed E-state index contributed by atoms with van der Waals surface area (Å²) in [6.45, 7) is 2.67. The van der Waals surface area contributed by atoms with Gasteiger partial charge in [-0.1, -0.05) is 37.6 Å². The van der Waals surface area contributed by atoms with Crippen LogP contribution in [-0.4, -0.2) is 17.6 Å². The molecule has 0 heterocycles. The lowest BCUT2D eigenvalue weighted by Gasteiger charge is -2.09. The molecule has 0 aliphatic heterocycles. The molecule has 0 aromatic heterocycles. The molecule has 0 unspecified atom stereocenters. The molecule has 3 nitrogen and oxygen atoms in total. The number of carboxylic acids is 1. The first-order chi connectivity index (χ1) is 7.74. The summed E-state index contributed by atoms with van der Waals surface area (Å²) in [5.41, 5.74) is 2.35. The van der Waals surface area contributed by atoms with Gasteiger partial charge in [0.15, 0.2) is 0 Å². The maximum Gasteiger partial charge on any atom is 0.328 e. The number of benzene rings is 1. The summed E-state index contributed by atoms with van der Waals surface area (Å²) in [4.78, 5) is 10.3. The predicted molar refractivity (Wildman–Crippen MR) is 65.7 cm³/mol. The van der Waals surface area contributed by atoms with Gasteiger partial charge in [-0.15, -0.1) is 0 Å². The van der Waals surface area contributed by atoms with E-state index in [-0.39, 0.29) is 0 Å². The van der Waals surface area contributed by atoms with Crippen LogP contribution in [0, 0.1) is 0 Å². The van der Waals surface area contributed by atoms with E-state index in [1.807, 2.05) is 18.2 Å². The van der Waals surface area contributed by atoms with E-state index >= 15 is 0 Å². The lowest BCUT2D eigenvalue weighted by Crippen LogP contribution is -2.02. The molecule has 1 rings (SSSR count). The fourth-order valence-electron chi connectivity index (χ4n) is 1.51. The second-order valence-electron chi connectivity index (χ2n) is 3.53. The van der Waals surface area contributed by atoms with E-state index in [0.717, 1.165) is 24.6 Å². The first-order valence-corrected chi connectivity index (χ1v) is 5.45. The van der Waals surface area contributed by atoms with Gasteiger partial charge in [-0.25, -0.2) is 4.79 Å². The van der Waals surface area contributed by atoms with E-state index in [9.17, 15) is 4.79 Å². The maximum absolute atomic E-state index is 10.3. The summed E-state index contributed by atoms with van der Waals surface area (Å²) in [6, 6.07) is 8.10. The van der Waals surface area contributed by atoms with Crippen LogP contribution in [0.4, 0.5) is 5.69 Å². The average molecular weight is 219 g/mol. The summed E-state index contributed by atoms with van der Waals surface area (Å²) >= 11 is 0. The number of hydrogen-bond acceptors (Lipinski definition) is 2. The standard InChI is InChI=1S/C13H17NO2/c1-2-6-11-7-3-4-8-12(11)14-10-5-9-13(15)16/h3-5,7-9,14H,2,6,10H2,1H3,(H,15,16)/b9-5+. The van der Waals surface area contributed by atoms with Crippen LogP contribution in [0.3, 0.4) is 0 Å². The number of rotatable bonds is 6. The molecule has 0 atom stereocenters. The van der Waals surface area contributed by atoms with Crippen molar-refractivity contribution in [3.05, 3.63) is 42.0 Å². The number of aliphatic carboxylic acids is 1. The molecule has 0 fully saturated rings. The number of aryl methyl sites for hydroxylation is 1. The Morgan fingerprint density at radius 1 is 1.44 bits per heavy atom. The van der Waals surface area contributed by atoms with Crippen LogP contribution < -0.4 is 5.32 Å². The second kappa shape index (κ2) is 6.67. The molecule has 0 saturated heterocycles. The Balaban J connectivity index is 2.55. The van der Waals surface area contributed by atoms with Gasteiger partial charge in [-0.05, 0) is 18.1 Å². The molecule has 0 aliphatic rings. The van der Waals surface area contributed by atoms with Crippen LogP contribution in [0.2, 0.25) is 0 Å². The topological polar surface area (TPSA) is 49.3 Å². The monoisotopic (exact) mass is 219 g/mol. The van der Waals surface area contributed by atoms with Gasteiger partial charge >= 0.3 is 5.97 Å². The SMILES string of the molecule is CCCc1ccccc1NC/C=C/C(=O)O. The van der Waals surface area contributed by atoms with Gasteiger partial charge in [0.05, 0.1) is 0 Å². The molecule has 16 heavy (non-hydrogen) atoms. The normalized spacial score (nSPS) is 10.6. The van der Waals surface area contributed by atoms with Crippen LogP contribution in [0.15, 0.2) is 36.4 Å². The smallest absolute Gasteiger partial charge is 0.328 e. The minimum absolute atomic E-state index is 0.535. The van der Waals surface area contributed by atoms with Gasteiger partial charge in [0.2, 0.25) is 0 Å². The van der Waals surface area contributed by atoms with Crippen molar-refractivity contribution in [2.75, 3.05) is 11.9 Å². The molecule has 0 aliphatic carbocycles. The molecule has 3 heteroatoms. The quantitative estimate of drug-likeness (QED) is 0.723. The Morgan fingerprint density at radius 2 is 2.19 bits per heavy atom. The highest BCUT2D eigenvalue weighted by Crippen LogP contribution is 2.16. The van der Waals surface area contributed by atoms with Gasteiger partial charge in [-0.2, -0.15) is 0 Å². The summed E-state index contributed by atoms with van der Waals surface area (Å²) in [5.74, 6) is -0.913. The van der Waals surface area contributed by atoms with Crippen molar-refractivity contribution < 1.29 is 9.90 Å². The first kappa shape index (κ1) is 12.3. The van der Waals surface area contributed by atoms with Crippen LogP contribution in [0.1, 0.15) is 18.9 Å². The molecule has 86 valence electrons. The van der Waals surface area contributed by atoms with Crippen LogP contribution in [-0.2, 0) is 11.2 Å². The molecule has 1 aromatic rings. The Hall–Kier alpha value is -1.77. The van der Waals surface area contributed by atoms with E-state index in [1.54, 1.807) is 6.08 Å². The molecule has 0 radical (unpaired) electrons. The number of carbonyl (C=O) groups is 1. The number of para-hydroxylation sites is 1. The minimum atomic E-state index is -0.913. The summed E-state index contributed by atoms with van der Waals surface area (Å²) in [5, 5.41) is 11.6. The molecular formula is C13H17NO2. The number of carboxylic acid groups (broad SMARTS) is 1. The lowest BCUT2D eigenvalue weighted by atomic mass is 10.1. The fourth-order valence-corrected chi connectivity index (χ4v) is 1.51. The molecule has 0 spiro atoms. The first-order valence-electron chi connectivity index (χ1n) is 5.45. The zero-order valence-corrected chi connectivity index (χ0v) is 9.44. The molecule has 1 aromatic carbocycles. The highest BCUT2D eigenvalue weighted by molar-refractivity contribution is 5.79. The number of anilines is 1. The molecule has 2 N–H and O–H groups in total. The van der Waals surface area contributed by atoms with E-state index in [2.05, 4.69) is 18.3 Å². The summed E-state index contributed by atoms with van der Waals surface area (Å²) in [6.07, 6.45) is 4.88. The van der Waals surface area contributed by atoms with E-state index < -0.39 is 5.97 Å². The average Bonchev–Trinajstić information content (AvgIpc) is 2.26. The Labute approximate surface area is 95.8 Å². The van der Waals surface area contributed by atoms with Crippen molar-refractivity contribution >= 4 is 11.7 Å². The molecular weight excluding hydrogens is 202 g/mol. The van der Waals surface area contributed by atoms with Crippen molar-refractivity contribution in [1.29, 1.82) is 0 Å². The third-order valence-corrected chi connectivity index (χ3v) is 2.21. The Bertz CT molecular complexity index is 372. The Morgan fingerprint density at radius 3 is 2.88 bits per heavy atom. The molecule has 0 saturated carbocycles. The van der Waals surface area contributed by atoms with Gasteiger partial charge in [0, 0.05) is 18.3 Å².